The molecule has 5 rings (SSSR count). The van der Waals surface area contributed by atoms with Crippen LogP contribution >= 0.6 is 0 Å². The highest BCUT2D eigenvalue weighted by molar-refractivity contribution is 5.99. The Kier molecular flexibility index (Phi) is 8.99. The van der Waals surface area contributed by atoms with E-state index in [1.165, 1.54) is 0 Å². The number of hydrogen-bond acceptors (Lipinski definition) is 7. The average Bonchev–Trinajstić information content (AvgIpc) is 3.01. The minimum absolute atomic E-state index is 0.110. The Labute approximate surface area is 257 Å². The van der Waals surface area contributed by atoms with Gasteiger partial charge in [-0.25, -0.2) is 14.4 Å². The normalized spacial score (nSPS) is 13.7. The van der Waals surface area contributed by atoms with Gasteiger partial charge in [0.15, 0.2) is 17.2 Å². The number of rotatable bonds is 8. The number of carbonyl (C=O) groups is 4. The Balaban J connectivity index is 1.66. The third kappa shape index (κ3) is 6.88. The molecule has 0 radical (unpaired) electrons. The van der Waals surface area contributed by atoms with Gasteiger partial charge in [-0.05, 0) is 59.6 Å². The van der Waals surface area contributed by atoms with Crippen LogP contribution in [0.1, 0.15) is 51.5 Å². The van der Waals surface area contributed by atoms with Gasteiger partial charge in [0, 0.05) is 18.7 Å². The van der Waals surface area contributed by atoms with Crippen molar-refractivity contribution in [1.82, 2.24) is 4.90 Å². The first-order valence-electron chi connectivity index (χ1n) is 14.1. The zero-order valence-electron chi connectivity index (χ0n) is 24.1. The number of carboxylic acid groups (broad SMARTS) is 3. The van der Waals surface area contributed by atoms with E-state index in [4.69, 9.17) is 14.6 Å². The molecule has 0 fully saturated rings. The van der Waals surface area contributed by atoms with Gasteiger partial charge in [0.25, 0.3) is 5.91 Å². The lowest BCUT2D eigenvalue weighted by molar-refractivity contribution is 0.0633. The number of aryl methyl sites for hydroxylation is 1. The number of benzene rings is 4. The third-order valence-corrected chi connectivity index (χ3v) is 7.71. The maximum absolute atomic E-state index is 14.6. The minimum Gasteiger partial charge on any atom is -0.449 e. The number of carbonyl (C=O) groups excluding carboxylic acids is 1. The number of nitrogens with zero attached hydrogens (tertiary/aromatic N) is 1. The van der Waals surface area contributed by atoms with E-state index in [1.807, 2.05) is 79.7 Å². The minimum atomic E-state index is -1.82. The Morgan fingerprint density at radius 2 is 1.38 bits per heavy atom. The third-order valence-electron chi connectivity index (χ3n) is 7.71. The Hall–Kier alpha value is -5.84. The van der Waals surface area contributed by atoms with Crippen LogP contribution in [0.3, 0.4) is 0 Å². The lowest BCUT2D eigenvalue weighted by atomic mass is 9.86. The quantitative estimate of drug-likeness (QED) is 0.134. The molecule has 0 aliphatic heterocycles. The second kappa shape index (κ2) is 13.2. The smallest absolute Gasteiger partial charge is 0.449 e. The molecule has 0 saturated carbocycles. The van der Waals surface area contributed by atoms with Gasteiger partial charge in [0.2, 0.25) is 0 Å². The van der Waals surface area contributed by atoms with Crippen LogP contribution in [0.5, 0.6) is 17.2 Å². The summed E-state index contributed by atoms with van der Waals surface area (Å²) in [4.78, 5) is 50.6. The van der Waals surface area contributed by atoms with Crippen molar-refractivity contribution >= 4 is 24.4 Å². The van der Waals surface area contributed by atoms with Gasteiger partial charge in [-0.3, -0.25) is 4.79 Å². The average molecular weight is 612 g/mol. The van der Waals surface area contributed by atoms with E-state index in [0.29, 0.717) is 6.42 Å². The Morgan fingerprint density at radius 3 is 2.07 bits per heavy atom. The van der Waals surface area contributed by atoms with Gasteiger partial charge >= 0.3 is 18.5 Å². The molecule has 1 atom stereocenters. The molecular formula is C34H29NO10. The van der Waals surface area contributed by atoms with Gasteiger partial charge in [0.05, 0.1) is 11.6 Å². The van der Waals surface area contributed by atoms with E-state index in [9.17, 15) is 29.4 Å². The second-order valence-electron chi connectivity index (χ2n) is 10.4. The summed E-state index contributed by atoms with van der Waals surface area (Å²) in [6.07, 6.45) is -3.19. The van der Waals surface area contributed by atoms with Crippen LogP contribution in [0, 0.1) is 6.92 Å². The van der Waals surface area contributed by atoms with E-state index < -0.39 is 47.7 Å². The van der Waals surface area contributed by atoms with Gasteiger partial charge in [-0.2, -0.15) is 0 Å². The summed E-state index contributed by atoms with van der Waals surface area (Å²) in [7, 11) is 0. The van der Waals surface area contributed by atoms with Crippen LogP contribution in [0.4, 0.5) is 14.4 Å². The maximum Gasteiger partial charge on any atom is 0.511 e. The zero-order valence-corrected chi connectivity index (χ0v) is 24.1. The highest BCUT2D eigenvalue weighted by atomic mass is 16.7. The van der Waals surface area contributed by atoms with Gasteiger partial charge < -0.3 is 34.4 Å². The summed E-state index contributed by atoms with van der Waals surface area (Å²) in [6, 6.07) is 24.7. The molecule has 0 heterocycles. The monoisotopic (exact) mass is 611 g/mol. The van der Waals surface area contributed by atoms with Crippen molar-refractivity contribution in [3.05, 3.63) is 113 Å². The summed E-state index contributed by atoms with van der Waals surface area (Å²) >= 11 is 0. The number of ether oxygens (including phenoxy) is 3. The molecule has 0 saturated heterocycles. The second-order valence-corrected chi connectivity index (χ2v) is 10.4. The molecule has 4 aromatic carbocycles. The lowest BCUT2D eigenvalue weighted by Gasteiger charge is -2.37. The molecule has 1 aliphatic rings. The molecule has 230 valence electrons. The fourth-order valence-corrected chi connectivity index (χ4v) is 5.73. The summed E-state index contributed by atoms with van der Waals surface area (Å²) < 4.78 is 14.3. The highest BCUT2D eigenvalue weighted by Gasteiger charge is 2.33. The van der Waals surface area contributed by atoms with Crippen molar-refractivity contribution in [3.8, 4) is 28.4 Å². The molecule has 4 aromatic rings. The van der Waals surface area contributed by atoms with Crippen molar-refractivity contribution < 1.29 is 48.7 Å². The molecule has 3 N–H and O–H groups in total. The molecule has 11 nitrogen and oxygen atoms in total. The predicted octanol–water partition coefficient (Wildman–Crippen LogP) is 7.55. The number of hydrogen-bond donors (Lipinski definition) is 3. The largest absolute Gasteiger partial charge is 0.511 e. The fraction of sp³-hybridized carbons (Fsp3) is 0.176. The van der Waals surface area contributed by atoms with Crippen molar-refractivity contribution in [2.45, 2.75) is 38.8 Å². The van der Waals surface area contributed by atoms with Crippen LogP contribution in [0.2, 0.25) is 0 Å². The molecule has 45 heavy (non-hydrogen) atoms. The first-order valence-corrected chi connectivity index (χ1v) is 14.1. The summed E-state index contributed by atoms with van der Waals surface area (Å²) in [5.74, 6) is -2.53. The molecule has 0 spiro atoms. The molecular weight excluding hydrogens is 582 g/mol. The van der Waals surface area contributed by atoms with Crippen LogP contribution in [0.25, 0.3) is 11.1 Å². The SMILES string of the molecule is Cc1c(CN(C(=O)c2cc(OC(=O)O)c(OC(=O)O)cc2OC(=O)O)[C@H]2CCCc3ccccc32)cccc1-c1ccccc1. The zero-order chi connectivity index (χ0) is 32.1. The molecule has 11 heteroatoms. The van der Waals surface area contributed by atoms with Crippen molar-refractivity contribution in [3.63, 3.8) is 0 Å². The highest BCUT2D eigenvalue weighted by Crippen LogP contribution is 2.41. The summed E-state index contributed by atoms with van der Waals surface area (Å²) in [5, 5.41) is 27.9. The first-order chi connectivity index (χ1) is 21.6. The van der Waals surface area contributed by atoms with Gasteiger partial charge in [-0.15, -0.1) is 0 Å². The molecule has 0 aromatic heterocycles. The fourth-order valence-electron chi connectivity index (χ4n) is 5.73. The van der Waals surface area contributed by atoms with Crippen LogP contribution in [0.15, 0.2) is 84.9 Å². The molecule has 1 aliphatic carbocycles. The standard InChI is InChI=1S/C34H29NO10/c1-20-23(13-7-15-24(20)21-9-3-2-4-10-21)19-35(27-16-8-12-22-11-5-6-14-25(22)27)31(36)26-17-29(44-33(39)40)30(45-34(41)42)18-28(26)43-32(37)38/h2-7,9-11,13-15,17-18,27H,8,12,16,19H2,1H3,(H,37,38)(H,39,40)(H,41,42)/t27-/m0/s1. The first kappa shape index (κ1) is 30.6. The molecule has 1 amide bonds. The van der Waals surface area contributed by atoms with E-state index in [1.54, 1.807) is 4.90 Å². The number of fused-ring (bicyclic) bond motifs is 1. The van der Waals surface area contributed by atoms with Crippen LogP contribution < -0.4 is 14.2 Å². The van der Waals surface area contributed by atoms with Crippen molar-refractivity contribution in [2.24, 2.45) is 0 Å². The van der Waals surface area contributed by atoms with E-state index >= 15 is 0 Å². The molecule has 0 unspecified atom stereocenters. The Bertz CT molecular complexity index is 1770. The van der Waals surface area contributed by atoms with E-state index in [-0.39, 0.29) is 12.1 Å². The van der Waals surface area contributed by atoms with Gasteiger partial charge in [0.1, 0.15) is 0 Å². The van der Waals surface area contributed by atoms with E-state index in [2.05, 4.69) is 4.74 Å². The summed E-state index contributed by atoms with van der Waals surface area (Å²) in [5.41, 5.74) is 5.40. The van der Waals surface area contributed by atoms with Crippen molar-refractivity contribution in [2.75, 3.05) is 0 Å². The predicted molar refractivity (Wildman–Crippen MR) is 161 cm³/mol. The lowest BCUT2D eigenvalue weighted by Crippen LogP contribution is -2.37. The molecule has 0 bridgehead atoms. The Morgan fingerprint density at radius 1 is 0.756 bits per heavy atom. The summed E-state index contributed by atoms with van der Waals surface area (Å²) in [6.45, 7) is 2.07. The topological polar surface area (TPSA) is 160 Å². The number of amides is 1. The van der Waals surface area contributed by atoms with Crippen LogP contribution in [-0.4, -0.2) is 44.6 Å². The van der Waals surface area contributed by atoms with Gasteiger partial charge in [-0.1, -0.05) is 72.8 Å². The van der Waals surface area contributed by atoms with Crippen molar-refractivity contribution in [1.29, 1.82) is 0 Å². The van der Waals surface area contributed by atoms with E-state index in [0.717, 1.165) is 58.4 Å². The van der Waals surface area contributed by atoms with Crippen LogP contribution in [-0.2, 0) is 13.0 Å². The maximum atomic E-state index is 14.6.